The second-order valence-electron chi connectivity index (χ2n) is 3.56. The molecular weight excluding hydrogens is 169 g/mol. The summed E-state index contributed by atoms with van der Waals surface area (Å²) in [5.41, 5.74) is 0.492. The summed E-state index contributed by atoms with van der Waals surface area (Å²) >= 11 is 0. The zero-order valence-electron chi connectivity index (χ0n) is 8.39. The van der Waals surface area contributed by atoms with Crippen molar-refractivity contribution < 1.29 is 9.13 Å². The van der Waals surface area contributed by atoms with Crippen LogP contribution in [-0.2, 0) is 10.3 Å². The van der Waals surface area contributed by atoms with Crippen LogP contribution in [0.1, 0.15) is 25.1 Å². The lowest BCUT2D eigenvalue weighted by Crippen LogP contribution is -2.22. The number of nitrogens with zero attached hydrogens (tertiary/aromatic N) is 1. The van der Waals surface area contributed by atoms with Gasteiger partial charge in [-0.15, -0.1) is 0 Å². The number of aromatic nitrogens is 1. The van der Waals surface area contributed by atoms with Crippen LogP contribution in [0.3, 0.4) is 0 Å². The molecule has 1 aromatic rings. The number of rotatable bonds is 2. The molecule has 13 heavy (non-hydrogen) atoms. The Balaban J connectivity index is 3.16. The second kappa shape index (κ2) is 3.42. The van der Waals surface area contributed by atoms with Crippen LogP contribution in [0.15, 0.2) is 12.3 Å². The van der Waals surface area contributed by atoms with E-state index in [-0.39, 0.29) is 5.82 Å². The van der Waals surface area contributed by atoms with Crippen molar-refractivity contribution in [1.82, 2.24) is 4.98 Å². The van der Waals surface area contributed by atoms with Crippen LogP contribution in [0.2, 0.25) is 0 Å². The molecule has 0 amide bonds. The SMILES string of the molecule is COC(C)(C)c1ncc(C)cc1F. The van der Waals surface area contributed by atoms with Crippen molar-refractivity contribution in [3.63, 3.8) is 0 Å². The van der Waals surface area contributed by atoms with E-state index in [0.29, 0.717) is 5.69 Å². The summed E-state index contributed by atoms with van der Waals surface area (Å²) in [5.74, 6) is -0.313. The Morgan fingerprint density at radius 3 is 2.54 bits per heavy atom. The van der Waals surface area contributed by atoms with Crippen LogP contribution in [0.5, 0.6) is 0 Å². The van der Waals surface area contributed by atoms with Gasteiger partial charge in [-0.1, -0.05) is 0 Å². The van der Waals surface area contributed by atoms with Gasteiger partial charge in [-0.25, -0.2) is 4.39 Å². The van der Waals surface area contributed by atoms with Gasteiger partial charge in [-0.05, 0) is 32.4 Å². The minimum absolute atomic E-state index is 0.313. The molecule has 0 unspecified atom stereocenters. The fourth-order valence-electron chi connectivity index (χ4n) is 1.07. The van der Waals surface area contributed by atoms with Crippen LogP contribution in [0.4, 0.5) is 4.39 Å². The zero-order chi connectivity index (χ0) is 10.1. The molecule has 72 valence electrons. The third kappa shape index (κ3) is 2.04. The average molecular weight is 183 g/mol. The summed E-state index contributed by atoms with van der Waals surface area (Å²) in [6, 6.07) is 1.46. The van der Waals surface area contributed by atoms with Gasteiger partial charge in [0.05, 0.1) is 0 Å². The number of ether oxygens (including phenoxy) is 1. The highest BCUT2D eigenvalue weighted by molar-refractivity contribution is 5.19. The molecule has 0 aromatic carbocycles. The van der Waals surface area contributed by atoms with Crippen LogP contribution in [0.25, 0.3) is 0 Å². The molecule has 2 nitrogen and oxygen atoms in total. The third-order valence-electron chi connectivity index (χ3n) is 2.06. The van der Waals surface area contributed by atoms with E-state index in [9.17, 15) is 4.39 Å². The fraction of sp³-hybridized carbons (Fsp3) is 0.500. The summed E-state index contributed by atoms with van der Waals surface area (Å²) in [6.07, 6.45) is 1.64. The molecule has 1 rings (SSSR count). The lowest BCUT2D eigenvalue weighted by Gasteiger charge is -2.22. The van der Waals surface area contributed by atoms with Gasteiger partial charge < -0.3 is 4.74 Å². The predicted octanol–water partition coefficient (Wildman–Crippen LogP) is 2.41. The quantitative estimate of drug-likeness (QED) is 0.702. The molecule has 0 aliphatic rings. The standard InChI is InChI=1S/C10H14FNO/c1-7-5-8(11)9(12-6-7)10(2,3)13-4/h5-6H,1-4H3. The third-order valence-corrected chi connectivity index (χ3v) is 2.06. The second-order valence-corrected chi connectivity index (χ2v) is 3.56. The molecule has 0 aliphatic carbocycles. The molecule has 0 spiro atoms. The van der Waals surface area contributed by atoms with Gasteiger partial charge in [0.2, 0.25) is 0 Å². The normalized spacial score (nSPS) is 11.8. The first-order chi connectivity index (χ1) is 5.97. The maximum atomic E-state index is 13.4. The van der Waals surface area contributed by atoms with Crippen molar-refractivity contribution in [2.45, 2.75) is 26.4 Å². The van der Waals surface area contributed by atoms with E-state index in [2.05, 4.69) is 4.98 Å². The Kier molecular flexibility index (Phi) is 2.66. The highest BCUT2D eigenvalue weighted by Crippen LogP contribution is 2.24. The Morgan fingerprint density at radius 2 is 2.08 bits per heavy atom. The van der Waals surface area contributed by atoms with E-state index < -0.39 is 5.60 Å². The van der Waals surface area contributed by atoms with Gasteiger partial charge in [0.25, 0.3) is 0 Å². The molecule has 0 atom stereocenters. The molecule has 0 N–H and O–H groups in total. The first-order valence-corrected chi connectivity index (χ1v) is 4.15. The minimum atomic E-state index is -0.669. The lowest BCUT2D eigenvalue weighted by molar-refractivity contribution is 0.0122. The van der Waals surface area contributed by atoms with Crippen molar-refractivity contribution in [2.75, 3.05) is 7.11 Å². The number of hydrogen-bond donors (Lipinski definition) is 0. The van der Waals surface area contributed by atoms with Crippen LogP contribution in [-0.4, -0.2) is 12.1 Å². The van der Waals surface area contributed by atoms with E-state index in [1.165, 1.54) is 6.07 Å². The van der Waals surface area contributed by atoms with Gasteiger partial charge in [0, 0.05) is 13.3 Å². The van der Waals surface area contributed by atoms with Crippen molar-refractivity contribution in [1.29, 1.82) is 0 Å². The van der Waals surface area contributed by atoms with Crippen LogP contribution >= 0.6 is 0 Å². The van der Waals surface area contributed by atoms with Crippen LogP contribution < -0.4 is 0 Å². The molecule has 0 aliphatic heterocycles. The maximum absolute atomic E-state index is 13.4. The van der Waals surface area contributed by atoms with Gasteiger partial charge in [-0.2, -0.15) is 0 Å². The highest BCUT2D eigenvalue weighted by atomic mass is 19.1. The summed E-state index contributed by atoms with van der Waals surface area (Å²) in [5, 5.41) is 0. The molecule has 1 aromatic heterocycles. The zero-order valence-corrected chi connectivity index (χ0v) is 8.39. The average Bonchev–Trinajstić information content (AvgIpc) is 2.03. The van der Waals surface area contributed by atoms with Gasteiger partial charge in [0.15, 0.2) is 0 Å². The van der Waals surface area contributed by atoms with E-state index in [4.69, 9.17) is 4.74 Å². The first kappa shape index (κ1) is 10.1. The number of methoxy groups -OCH3 is 1. The summed E-state index contributed by atoms with van der Waals surface area (Å²) < 4.78 is 18.5. The summed E-state index contributed by atoms with van der Waals surface area (Å²) in [4.78, 5) is 4.02. The molecule has 0 bridgehead atoms. The monoisotopic (exact) mass is 183 g/mol. The van der Waals surface area contributed by atoms with Crippen molar-refractivity contribution >= 4 is 0 Å². The molecule has 3 heteroatoms. The highest BCUT2D eigenvalue weighted by Gasteiger charge is 2.24. The molecule has 1 heterocycles. The largest absolute Gasteiger partial charge is 0.372 e. The molecule has 0 radical (unpaired) electrons. The van der Waals surface area contributed by atoms with Gasteiger partial charge in [-0.3, -0.25) is 4.98 Å². The minimum Gasteiger partial charge on any atom is -0.372 e. The Hall–Kier alpha value is -0.960. The van der Waals surface area contributed by atoms with Crippen molar-refractivity contribution in [2.24, 2.45) is 0 Å². The van der Waals surface area contributed by atoms with E-state index in [1.54, 1.807) is 34.1 Å². The van der Waals surface area contributed by atoms with E-state index >= 15 is 0 Å². The molecule has 0 saturated heterocycles. The molecule has 0 saturated carbocycles. The summed E-state index contributed by atoms with van der Waals surface area (Å²) in [6.45, 7) is 5.38. The number of aryl methyl sites for hydroxylation is 1. The van der Waals surface area contributed by atoms with E-state index in [0.717, 1.165) is 5.56 Å². The first-order valence-electron chi connectivity index (χ1n) is 4.15. The lowest BCUT2D eigenvalue weighted by atomic mass is 10.0. The van der Waals surface area contributed by atoms with E-state index in [1.807, 2.05) is 0 Å². The van der Waals surface area contributed by atoms with Gasteiger partial charge in [0.1, 0.15) is 17.1 Å². The fourth-order valence-corrected chi connectivity index (χ4v) is 1.07. The summed E-state index contributed by atoms with van der Waals surface area (Å²) in [7, 11) is 1.54. The van der Waals surface area contributed by atoms with Crippen LogP contribution in [0, 0.1) is 12.7 Å². The maximum Gasteiger partial charge on any atom is 0.147 e. The van der Waals surface area contributed by atoms with Gasteiger partial charge >= 0.3 is 0 Å². The molecule has 0 fully saturated rings. The number of pyridine rings is 1. The number of halogens is 1. The van der Waals surface area contributed by atoms with Crippen molar-refractivity contribution in [3.05, 3.63) is 29.3 Å². The predicted molar refractivity (Wildman–Crippen MR) is 49.0 cm³/mol. The smallest absolute Gasteiger partial charge is 0.147 e. The topological polar surface area (TPSA) is 22.1 Å². The molecular formula is C10H14FNO. The Labute approximate surface area is 77.8 Å². The van der Waals surface area contributed by atoms with Crippen molar-refractivity contribution in [3.8, 4) is 0 Å². The number of hydrogen-bond acceptors (Lipinski definition) is 2. The Morgan fingerprint density at radius 1 is 1.46 bits per heavy atom. The Bertz CT molecular complexity index is 310.